The van der Waals surface area contributed by atoms with Crippen LogP contribution >= 0.6 is 0 Å². The minimum Gasteiger partial charge on any atom is -0.550 e. The van der Waals surface area contributed by atoms with Gasteiger partial charge < -0.3 is 24.6 Å². The Morgan fingerprint density at radius 3 is 1.18 bits per heavy atom. The fourth-order valence-electron chi connectivity index (χ4n) is 5.55. The quantitative estimate of drug-likeness (QED) is 0.0517. The van der Waals surface area contributed by atoms with Gasteiger partial charge in [0.1, 0.15) is 0 Å². The van der Waals surface area contributed by atoms with Gasteiger partial charge in [0, 0.05) is 12.4 Å². The van der Waals surface area contributed by atoms with Crippen molar-refractivity contribution >= 4 is 17.9 Å². The van der Waals surface area contributed by atoms with Crippen LogP contribution in [0, 0.1) is 0 Å². The lowest BCUT2D eigenvalue weighted by atomic mass is 10.0. The second kappa shape index (κ2) is 27.3. The Morgan fingerprint density at radius 1 is 0.525 bits per heavy atom. The van der Waals surface area contributed by atoms with Crippen LogP contribution in [0.4, 0.5) is 0 Å². The highest BCUT2D eigenvalue weighted by Gasteiger charge is 2.28. The molecule has 40 heavy (non-hydrogen) atoms. The van der Waals surface area contributed by atoms with Gasteiger partial charge in [0.05, 0.1) is 39.0 Å². The first-order chi connectivity index (χ1) is 19.3. The Kier molecular flexibility index (Phi) is 26.0. The summed E-state index contributed by atoms with van der Waals surface area (Å²) in [5.74, 6) is -3.07. The summed E-state index contributed by atoms with van der Waals surface area (Å²) < 4.78 is 0.226. The maximum atomic E-state index is 11.1. The average molecular weight is 568 g/mol. The van der Waals surface area contributed by atoms with Crippen LogP contribution in [0.5, 0.6) is 0 Å². The number of allylic oxidation sites excluding steroid dienone is 2. The smallest absolute Gasteiger partial charge is 0.309 e. The maximum Gasteiger partial charge on any atom is 0.309 e. The van der Waals surface area contributed by atoms with E-state index < -0.39 is 17.9 Å². The largest absolute Gasteiger partial charge is 0.550 e. The number of carboxylic acids is 3. The Balaban J connectivity index is 3.78. The van der Waals surface area contributed by atoms with Gasteiger partial charge in [-0.15, -0.1) is 0 Å². The molecular weight excluding hydrogens is 506 g/mol. The van der Waals surface area contributed by atoms with Gasteiger partial charge in [-0.1, -0.05) is 115 Å². The fraction of sp³-hybridized carbons (Fsp3) is 0.848. The van der Waals surface area contributed by atoms with Crippen LogP contribution < -0.4 is 5.11 Å². The van der Waals surface area contributed by atoms with Crippen LogP contribution in [-0.4, -0.2) is 58.8 Å². The summed E-state index contributed by atoms with van der Waals surface area (Å²) in [5.41, 5.74) is 0. The summed E-state index contributed by atoms with van der Waals surface area (Å²) in [5, 5.41) is 29.3. The van der Waals surface area contributed by atoms with Gasteiger partial charge in [0.15, 0.2) is 0 Å². The van der Waals surface area contributed by atoms with E-state index in [2.05, 4.69) is 19.1 Å². The van der Waals surface area contributed by atoms with E-state index in [0.29, 0.717) is 6.54 Å². The number of carboxylic acid groups (broad SMARTS) is 3. The van der Waals surface area contributed by atoms with Crippen LogP contribution in [0.15, 0.2) is 12.2 Å². The van der Waals surface area contributed by atoms with Gasteiger partial charge >= 0.3 is 11.9 Å². The number of aliphatic carboxylic acids is 3. The van der Waals surface area contributed by atoms with Crippen molar-refractivity contribution in [3.8, 4) is 0 Å². The standard InChI is InChI=1S/C33H61NO6/c1-2-3-4-5-6-7-8-9-10-11-12-13-14-15-16-17-18-19-20-21-22-23-27-34(28-24-31(35)36,29-25-32(37)38)30-26-33(39)40/h2-3H,4-30H2,1H3,(H2-,35,36,37,38,39,40)/b3-2+. The highest BCUT2D eigenvalue weighted by Crippen LogP contribution is 2.18. The zero-order chi connectivity index (χ0) is 29.7. The molecule has 234 valence electrons. The van der Waals surface area contributed by atoms with Crippen molar-refractivity contribution in [3.05, 3.63) is 12.2 Å². The van der Waals surface area contributed by atoms with Gasteiger partial charge in [-0.05, 0) is 32.6 Å². The predicted octanol–water partition coefficient (Wildman–Crippen LogP) is 7.27. The van der Waals surface area contributed by atoms with Gasteiger partial charge in [-0.3, -0.25) is 9.59 Å². The van der Waals surface area contributed by atoms with Crippen LogP contribution in [-0.2, 0) is 14.4 Å². The molecule has 7 heteroatoms. The number of hydrogen-bond donors (Lipinski definition) is 2. The molecule has 0 aliphatic heterocycles. The molecule has 0 heterocycles. The van der Waals surface area contributed by atoms with Crippen LogP contribution in [0.3, 0.4) is 0 Å². The van der Waals surface area contributed by atoms with E-state index in [0.717, 1.165) is 19.3 Å². The number of carbonyl (C=O) groups excluding carboxylic acids is 1. The molecule has 0 aromatic heterocycles. The first kappa shape index (κ1) is 38.1. The second-order valence-electron chi connectivity index (χ2n) is 11.7. The van der Waals surface area contributed by atoms with E-state index >= 15 is 0 Å². The highest BCUT2D eigenvalue weighted by atomic mass is 16.4. The summed E-state index contributed by atoms with van der Waals surface area (Å²) in [6, 6.07) is 0. The van der Waals surface area contributed by atoms with Crippen LogP contribution in [0.1, 0.15) is 155 Å². The molecule has 0 unspecified atom stereocenters. The van der Waals surface area contributed by atoms with E-state index in [4.69, 9.17) is 10.2 Å². The zero-order valence-corrected chi connectivity index (χ0v) is 25.7. The third kappa shape index (κ3) is 26.3. The summed E-state index contributed by atoms with van der Waals surface area (Å²) in [6.45, 7) is 3.45. The molecule has 7 nitrogen and oxygen atoms in total. The topological polar surface area (TPSA) is 115 Å². The molecule has 0 fully saturated rings. The molecule has 0 amide bonds. The zero-order valence-electron chi connectivity index (χ0n) is 25.7. The van der Waals surface area contributed by atoms with E-state index in [9.17, 15) is 19.5 Å². The van der Waals surface area contributed by atoms with Gasteiger partial charge in [0.25, 0.3) is 0 Å². The summed E-state index contributed by atoms with van der Waals surface area (Å²) in [4.78, 5) is 33.3. The molecule has 0 aliphatic rings. The molecule has 0 aromatic rings. The Morgan fingerprint density at radius 2 is 0.850 bits per heavy atom. The highest BCUT2D eigenvalue weighted by molar-refractivity contribution is 5.67. The number of quaternary nitrogens is 1. The fourth-order valence-corrected chi connectivity index (χ4v) is 5.55. The second-order valence-corrected chi connectivity index (χ2v) is 11.7. The molecule has 0 saturated carbocycles. The number of carbonyl (C=O) groups is 3. The van der Waals surface area contributed by atoms with Crippen molar-refractivity contribution < 1.29 is 34.2 Å². The van der Waals surface area contributed by atoms with Gasteiger partial charge in [-0.2, -0.15) is 0 Å². The van der Waals surface area contributed by atoms with E-state index in [1.54, 1.807) is 0 Å². The molecule has 2 N–H and O–H groups in total. The predicted molar refractivity (Wildman–Crippen MR) is 161 cm³/mol. The van der Waals surface area contributed by atoms with Crippen molar-refractivity contribution in [2.24, 2.45) is 0 Å². The average Bonchev–Trinajstić information content (AvgIpc) is 2.92. The lowest BCUT2D eigenvalue weighted by molar-refractivity contribution is -0.927. The van der Waals surface area contributed by atoms with Gasteiger partial charge in [0.2, 0.25) is 0 Å². The van der Waals surface area contributed by atoms with Crippen LogP contribution in [0.2, 0.25) is 0 Å². The molecule has 0 spiro atoms. The minimum atomic E-state index is -1.18. The third-order valence-electron chi connectivity index (χ3n) is 8.13. The number of unbranched alkanes of at least 4 members (excludes halogenated alkanes) is 19. The Labute approximate surface area is 245 Å². The lowest BCUT2D eigenvalue weighted by Gasteiger charge is -2.38. The maximum absolute atomic E-state index is 11.1. The molecule has 0 aliphatic carbocycles. The molecule has 0 bridgehead atoms. The minimum absolute atomic E-state index is 0.0928. The summed E-state index contributed by atoms with van der Waals surface area (Å²) in [7, 11) is 0. The number of nitrogens with zero attached hydrogens (tertiary/aromatic N) is 1. The third-order valence-corrected chi connectivity index (χ3v) is 8.13. The monoisotopic (exact) mass is 567 g/mol. The van der Waals surface area contributed by atoms with Gasteiger partial charge in [-0.25, -0.2) is 0 Å². The number of hydrogen-bond acceptors (Lipinski definition) is 4. The molecule has 0 radical (unpaired) electrons. The first-order valence-corrected chi connectivity index (χ1v) is 16.4. The Bertz CT molecular complexity index is 618. The van der Waals surface area contributed by atoms with Crippen molar-refractivity contribution in [2.75, 3.05) is 26.2 Å². The summed E-state index contributed by atoms with van der Waals surface area (Å²) >= 11 is 0. The van der Waals surface area contributed by atoms with Crippen molar-refractivity contribution in [2.45, 2.75) is 155 Å². The SMILES string of the molecule is C/C=C/CCCCCCCCCCCCCCCCCCCCC[N+](CCC(=O)[O-])(CCC(=O)O)CCC(=O)O. The Hall–Kier alpha value is -1.89. The lowest BCUT2D eigenvalue weighted by Crippen LogP contribution is -2.53. The normalized spacial score (nSPS) is 11.8. The first-order valence-electron chi connectivity index (χ1n) is 16.4. The van der Waals surface area contributed by atoms with E-state index in [-0.39, 0.29) is 43.4 Å². The molecule has 0 aromatic carbocycles. The van der Waals surface area contributed by atoms with Crippen molar-refractivity contribution in [1.29, 1.82) is 0 Å². The molecule has 0 atom stereocenters. The van der Waals surface area contributed by atoms with Crippen molar-refractivity contribution in [1.82, 2.24) is 0 Å². The molecule has 0 rings (SSSR count). The number of rotatable bonds is 31. The van der Waals surface area contributed by atoms with Crippen molar-refractivity contribution in [3.63, 3.8) is 0 Å². The van der Waals surface area contributed by atoms with Crippen LogP contribution in [0.25, 0.3) is 0 Å². The summed E-state index contributed by atoms with van der Waals surface area (Å²) in [6.07, 6.45) is 29.8. The van der Waals surface area contributed by atoms with E-state index in [1.165, 1.54) is 109 Å². The molecule has 0 saturated heterocycles. The molecular formula is C33H61NO6. The van der Waals surface area contributed by atoms with E-state index in [1.807, 2.05) is 0 Å².